The quantitative estimate of drug-likeness (QED) is 0.277. The molecule has 0 aromatic carbocycles. The Balaban J connectivity index is 1.73. The Morgan fingerprint density at radius 2 is 1.21 bits per heavy atom. The molecule has 0 aromatic rings. The van der Waals surface area contributed by atoms with E-state index in [0.29, 0.717) is 19.4 Å². The number of likely N-dealkylation sites (tertiary alicyclic amines) is 1. The standard InChI is InChI=1S/C23H43NO4/c1-28-23(27)17-15-13-11-9-7-5-3-2-4-6-8-10-12-14-16-22(26)24-19-18-21(25)20-24/h21,25H,2-20H2,1H3/t21-/m0/s1. The zero-order valence-electron chi connectivity index (χ0n) is 18.1. The monoisotopic (exact) mass is 397 g/mol. The van der Waals surface area contributed by atoms with Crippen molar-refractivity contribution >= 4 is 11.9 Å². The molecule has 1 fully saturated rings. The third-order valence-electron chi connectivity index (χ3n) is 5.77. The highest BCUT2D eigenvalue weighted by Crippen LogP contribution is 2.15. The average Bonchev–Trinajstić information content (AvgIpc) is 3.13. The summed E-state index contributed by atoms with van der Waals surface area (Å²) in [6.45, 7) is 1.27. The molecule has 0 bridgehead atoms. The molecule has 0 unspecified atom stereocenters. The van der Waals surface area contributed by atoms with Gasteiger partial charge in [-0.15, -0.1) is 0 Å². The fraction of sp³-hybridized carbons (Fsp3) is 0.913. The molecule has 0 aliphatic carbocycles. The van der Waals surface area contributed by atoms with Crippen molar-refractivity contribution in [1.29, 1.82) is 0 Å². The van der Waals surface area contributed by atoms with Gasteiger partial charge in [0.15, 0.2) is 0 Å². The number of methoxy groups -OCH3 is 1. The van der Waals surface area contributed by atoms with Crippen LogP contribution in [0.4, 0.5) is 0 Å². The highest BCUT2D eigenvalue weighted by atomic mass is 16.5. The number of nitrogens with zero attached hydrogens (tertiary/aromatic N) is 1. The van der Waals surface area contributed by atoms with Gasteiger partial charge in [0.2, 0.25) is 5.91 Å². The van der Waals surface area contributed by atoms with Crippen LogP contribution in [0.15, 0.2) is 0 Å². The van der Waals surface area contributed by atoms with E-state index in [9.17, 15) is 14.7 Å². The van der Waals surface area contributed by atoms with Crippen LogP contribution in [0.3, 0.4) is 0 Å². The molecule has 1 atom stereocenters. The molecule has 1 saturated heterocycles. The molecule has 1 aliphatic rings. The molecule has 1 aliphatic heterocycles. The van der Waals surface area contributed by atoms with Crippen LogP contribution >= 0.6 is 0 Å². The highest BCUT2D eigenvalue weighted by molar-refractivity contribution is 5.76. The summed E-state index contributed by atoms with van der Waals surface area (Å²) in [6, 6.07) is 0. The van der Waals surface area contributed by atoms with E-state index in [2.05, 4.69) is 4.74 Å². The number of aliphatic hydroxyl groups excluding tert-OH is 1. The van der Waals surface area contributed by atoms with Crippen molar-refractivity contribution in [2.45, 2.75) is 115 Å². The van der Waals surface area contributed by atoms with Crippen LogP contribution in [-0.4, -0.2) is 48.2 Å². The largest absolute Gasteiger partial charge is 0.469 e. The van der Waals surface area contributed by atoms with Crippen LogP contribution in [0.2, 0.25) is 0 Å². The molecule has 1 amide bonds. The van der Waals surface area contributed by atoms with Crippen molar-refractivity contribution in [2.75, 3.05) is 20.2 Å². The third-order valence-corrected chi connectivity index (χ3v) is 5.77. The summed E-state index contributed by atoms with van der Waals surface area (Å²) in [4.78, 5) is 24.8. The Kier molecular flexibility index (Phi) is 15.0. The lowest BCUT2D eigenvalue weighted by Crippen LogP contribution is -2.29. The lowest BCUT2D eigenvalue weighted by atomic mass is 10.0. The molecule has 1 N–H and O–H groups in total. The van der Waals surface area contributed by atoms with E-state index in [1.54, 1.807) is 0 Å². The topological polar surface area (TPSA) is 66.8 Å². The molecular formula is C23H43NO4. The molecule has 0 saturated carbocycles. The number of amides is 1. The van der Waals surface area contributed by atoms with Crippen molar-refractivity contribution in [3.05, 3.63) is 0 Å². The molecule has 1 rings (SSSR count). The summed E-state index contributed by atoms with van der Waals surface area (Å²) in [5.74, 6) is 0.135. The van der Waals surface area contributed by atoms with Crippen LogP contribution in [0.1, 0.15) is 109 Å². The summed E-state index contributed by atoms with van der Waals surface area (Å²) in [5.41, 5.74) is 0. The second-order valence-electron chi connectivity index (χ2n) is 8.31. The van der Waals surface area contributed by atoms with Crippen molar-refractivity contribution in [3.8, 4) is 0 Å². The fourth-order valence-electron chi connectivity index (χ4n) is 3.90. The smallest absolute Gasteiger partial charge is 0.305 e. The van der Waals surface area contributed by atoms with Gasteiger partial charge in [-0.25, -0.2) is 0 Å². The van der Waals surface area contributed by atoms with Gasteiger partial charge < -0.3 is 14.7 Å². The Morgan fingerprint density at radius 3 is 1.61 bits per heavy atom. The Hall–Kier alpha value is -1.10. The van der Waals surface area contributed by atoms with E-state index in [0.717, 1.165) is 38.6 Å². The number of rotatable bonds is 17. The van der Waals surface area contributed by atoms with Crippen molar-refractivity contribution in [2.24, 2.45) is 0 Å². The minimum absolute atomic E-state index is 0.0868. The van der Waals surface area contributed by atoms with E-state index < -0.39 is 0 Å². The van der Waals surface area contributed by atoms with E-state index in [4.69, 9.17) is 0 Å². The highest BCUT2D eigenvalue weighted by Gasteiger charge is 2.23. The molecule has 0 radical (unpaired) electrons. The Morgan fingerprint density at radius 1 is 0.786 bits per heavy atom. The maximum Gasteiger partial charge on any atom is 0.305 e. The zero-order chi connectivity index (χ0) is 20.5. The van der Waals surface area contributed by atoms with Gasteiger partial charge in [0.1, 0.15) is 0 Å². The van der Waals surface area contributed by atoms with Gasteiger partial charge >= 0.3 is 5.97 Å². The Bertz CT molecular complexity index is 413. The van der Waals surface area contributed by atoms with Crippen molar-refractivity contribution in [1.82, 2.24) is 4.90 Å². The Labute approximate surface area is 172 Å². The average molecular weight is 398 g/mol. The van der Waals surface area contributed by atoms with E-state index >= 15 is 0 Å². The fourth-order valence-corrected chi connectivity index (χ4v) is 3.90. The van der Waals surface area contributed by atoms with Crippen LogP contribution in [0.5, 0.6) is 0 Å². The summed E-state index contributed by atoms with van der Waals surface area (Å²) in [6.07, 6.45) is 18.9. The molecule has 0 aromatic heterocycles. The van der Waals surface area contributed by atoms with Gasteiger partial charge in [-0.3, -0.25) is 9.59 Å². The number of carbonyl (C=O) groups excluding carboxylic acids is 2. The van der Waals surface area contributed by atoms with Gasteiger partial charge in [0.05, 0.1) is 13.2 Å². The lowest BCUT2D eigenvalue weighted by Gasteiger charge is -2.15. The van der Waals surface area contributed by atoms with Crippen LogP contribution in [0.25, 0.3) is 0 Å². The summed E-state index contributed by atoms with van der Waals surface area (Å²) >= 11 is 0. The van der Waals surface area contributed by atoms with E-state index in [1.165, 1.54) is 71.3 Å². The first-order valence-corrected chi connectivity index (χ1v) is 11.7. The second-order valence-corrected chi connectivity index (χ2v) is 8.31. The number of aliphatic hydroxyl groups is 1. The van der Waals surface area contributed by atoms with Gasteiger partial charge in [-0.2, -0.15) is 0 Å². The lowest BCUT2D eigenvalue weighted by molar-refractivity contribution is -0.140. The maximum atomic E-state index is 12.0. The summed E-state index contributed by atoms with van der Waals surface area (Å²) < 4.78 is 4.64. The number of hydrogen-bond donors (Lipinski definition) is 1. The normalized spacial score (nSPS) is 16.5. The summed E-state index contributed by atoms with van der Waals surface area (Å²) in [5, 5.41) is 9.47. The number of esters is 1. The number of unbranched alkanes of at least 4 members (excludes halogenated alkanes) is 13. The predicted molar refractivity (Wildman–Crippen MR) is 113 cm³/mol. The van der Waals surface area contributed by atoms with Gasteiger partial charge in [-0.1, -0.05) is 77.0 Å². The number of carbonyl (C=O) groups is 2. The SMILES string of the molecule is COC(=O)CCCCCCCCCCCCCCCCC(=O)N1CC[C@H](O)C1. The minimum Gasteiger partial charge on any atom is -0.469 e. The van der Waals surface area contributed by atoms with Crippen LogP contribution < -0.4 is 0 Å². The van der Waals surface area contributed by atoms with Gasteiger partial charge in [0, 0.05) is 25.9 Å². The molecule has 0 spiro atoms. The second kappa shape index (κ2) is 16.8. The first kappa shape index (κ1) is 24.9. The number of ether oxygens (including phenoxy) is 1. The third kappa shape index (κ3) is 13.1. The minimum atomic E-state index is -0.304. The maximum absolute atomic E-state index is 12.0. The van der Waals surface area contributed by atoms with Crippen molar-refractivity contribution in [3.63, 3.8) is 0 Å². The van der Waals surface area contributed by atoms with E-state index in [1.807, 2.05) is 4.90 Å². The van der Waals surface area contributed by atoms with Crippen molar-refractivity contribution < 1.29 is 19.4 Å². The zero-order valence-corrected chi connectivity index (χ0v) is 18.1. The van der Waals surface area contributed by atoms with Gasteiger partial charge in [-0.05, 0) is 19.3 Å². The molecule has 5 heteroatoms. The predicted octanol–water partition coefficient (Wildman–Crippen LogP) is 4.99. The molecule has 28 heavy (non-hydrogen) atoms. The number of hydrogen-bond acceptors (Lipinski definition) is 4. The van der Waals surface area contributed by atoms with Crippen LogP contribution in [0, 0.1) is 0 Å². The van der Waals surface area contributed by atoms with Crippen LogP contribution in [-0.2, 0) is 14.3 Å². The molecular weight excluding hydrogens is 354 g/mol. The molecule has 5 nitrogen and oxygen atoms in total. The first-order valence-electron chi connectivity index (χ1n) is 11.7. The first-order chi connectivity index (χ1) is 13.6. The number of β-amino-alcohol motifs (C(OH)–C–C–N with tert-alkyl or cyclic N) is 1. The van der Waals surface area contributed by atoms with Gasteiger partial charge in [0.25, 0.3) is 0 Å². The summed E-state index contributed by atoms with van der Waals surface area (Å²) in [7, 11) is 1.45. The molecule has 1 heterocycles. The van der Waals surface area contributed by atoms with E-state index in [-0.39, 0.29) is 18.0 Å². The molecule has 164 valence electrons.